The fourth-order valence-electron chi connectivity index (χ4n) is 1.88. The van der Waals surface area contributed by atoms with Crippen molar-refractivity contribution in [2.75, 3.05) is 0 Å². The lowest BCUT2D eigenvalue weighted by Gasteiger charge is -2.15. The quantitative estimate of drug-likeness (QED) is 0.618. The molecule has 1 amide bonds. The van der Waals surface area contributed by atoms with Gasteiger partial charge in [-0.1, -0.05) is 6.92 Å². The lowest BCUT2D eigenvalue weighted by atomic mass is 10.1. The zero-order valence-corrected chi connectivity index (χ0v) is 8.90. The van der Waals surface area contributed by atoms with Gasteiger partial charge in [-0.25, -0.2) is 4.79 Å². The summed E-state index contributed by atoms with van der Waals surface area (Å²) in [4.78, 5) is 22.3. The van der Waals surface area contributed by atoms with Gasteiger partial charge in [-0.2, -0.15) is 0 Å². The predicted octanol–water partition coefficient (Wildman–Crippen LogP) is 0.0932. The summed E-state index contributed by atoms with van der Waals surface area (Å²) in [6, 6.07) is -0.681. The Morgan fingerprint density at radius 1 is 1.53 bits per heavy atom. The van der Waals surface area contributed by atoms with Crippen LogP contribution in [0.3, 0.4) is 0 Å². The highest BCUT2D eigenvalue weighted by atomic mass is 16.4. The van der Waals surface area contributed by atoms with E-state index in [1.54, 1.807) is 6.92 Å². The van der Waals surface area contributed by atoms with Crippen LogP contribution in [0.25, 0.3) is 0 Å². The van der Waals surface area contributed by atoms with Gasteiger partial charge in [0.15, 0.2) is 0 Å². The monoisotopic (exact) mass is 214 g/mol. The maximum atomic E-state index is 11.6. The van der Waals surface area contributed by atoms with Crippen molar-refractivity contribution < 1.29 is 14.7 Å². The Bertz CT molecular complexity index is 255. The molecule has 0 aromatic heterocycles. The highest BCUT2D eigenvalue weighted by molar-refractivity contribution is 5.85. The van der Waals surface area contributed by atoms with Gasteiger partial charge in [-0.3, -0.25) is 4.79 Å². The molecule has 1 rings (SSSR count). The van der Waals surface area contributed by atoms with Gasteiger partial charge in [0.1, 0.15) is 6.04 Å². The first kappa shape index (κ1) is 12.0. The van der Waals surface area contributed by atoms with E-state index in [1.807, 2.05) is 0 Å². The number of nitrogens with one attached hydrogen (secondary N) is 1. The minimum absolute atomic E-state index is 0.0886. The molecule has 0 saturated heterocycles. The third-order valence-corrected chi connectivity index (χ3v) is 2.87. The number of aliphatic carboxylic acids is 1. The first-order valence-electron chi connectivity index (χ1n) is 5.33. The smallest absolute Gasteiger partial charge is 0.326 e. The summed E-state index contributed by atoms with van der Waals surface area (Å²) in [6.07, 6.45) is 2.69. The van der Waals surface area contributed by atoms with Crippen molar-refractivity contribution >= 4 is 11.9 Å². The lowest BCUT2D eigenvalue weighted by molar-refractivity contribution is -0.142. The number of rotatable bonds is 4. The molecule has 0 radical (unpaired) electrons. The Morgan fingerprint density at radius 2 is 2.20 bits per heavy atom. The third-order valence-electron chi connectivity index (χ3n) is 2.87. The molecule has 0 aromatic rings. The molecule has 1 saturated carbocycles. The van der Waals surface area contributed by atoms with Crippen LogP contribution >= 0.6 is 0 Å². The molecule has 15 heavy (non-hydrogen) atoms. The number of nitrogens with two attached hydrogens (primary N) is 1. The highest BCUT2D eigenvalue weighted by Gasteiger charge is 2.29. The number of hydrogen-bond acceptors (Lipinski definition) is 3. The van der Waals surface area contributed by atoms with Crippen molar-refractivity contribution in [3.8, 4) is 0 Å². The van der Waals surface area contributed by atoms with Crippen molar-refractivity contribution in [3.63, 3.8) is 0 Å². The summed E-state index contributed by atoms with van der Waals surface area (Å²) in [5, 5.41) is 11.3. The van der Waals surface area contributed by atoms with E-state index in [4.69, 9.17) is 10.8 Å². The zero-order valence-electron chi connectivity index (χ0n) is 8.90. The Hall–Kier alpha value is -1.10. The first-order chi connectivity index (χ1) is 7.04. The molecular weight excluding hydrogens is 196 g/mol. The van der Waals surface area contributed by atoms with E-state index in [0.717, 1.165) is 12.8 Å². The van der Waals surface area contributed by atoms with Crippen molar-refractivity contribution in [2.24, 2.45) is 11.7 Å². The number of hydrogen-bond donors (Lipinski definition) is 3. The summed E-state index contributed by atoms with van der Waals surface area (Å²) in [6.45, 7) is 1.74. The van der Waals surface area contributed by atoms with E-state index in [0.29, 0.717) is 12.8 Å². The topological polar surface area (TPSA) is 92.4 Å². The molecule has 0 heterocycles. The molecule has 1 fully saturated rings. The molecule has 3 atom stereocenters. The highest BCUT2D eigenvalue weighted by Crippen LogP contribution is 2.24. The van der Waals surface area contributed by atoms with Gasteiger partial charge in [-0.05, 0) is 25.7 Å². The average Bonchev–Trinajstić information content (AvgIpc) is 2.60. The standard InChI is InChI=1S/C10H18N2O3/c1-2-8(10(14)15)12-9(13)6-3-4-7(11)5-6/h6-8H,2-5,11H2,1H3,(H,12,13)(H,14,15)/t6?,7?,8-/m0/s1. The van der Waals surface area contributed by atoms with Gasteiger partial charge >= 0.3 is 5.97 Å². The largest absolute Gasteiger partial charge is 0.480 e. The zero-order chi connectivity index (χ0) is 11.4. The van der Waals surface area contributed by atoms with E-state index in [1.165, 1.54) is 0 Å². The molecular formula is C10H18N2O3. The maximum absolute atomic E-state index is 11.6. The van der Waals surface area contributed by atoms with Crippen LogP contribution in [-0.2, 0) is 9.59 Å². The normalized spacial score (nSPS) is 27.3. The van der Waals surface area contributed by atoms with Crippen molar-refractivity contribution in [2.45, 2.75) is 44.7 Å². The van der Waals surface area contributed by atoms with E-state index in [9.17, 15) is 9.59 Å². The van der Waals surface area contributed by atoms with Gasteiger partial charge in [-0.15, -0.1) is 0 Å². The van der Waals surface area contributed by atoms with Gasteiger partial charge in [0.05, 0.1) is 0 Å². The molecule has 1 aliphatic carbocycles. The van der Waals surface area contributed by atoms with Crippen molar-refractivity contribution in [1.29, 1.82) is 0 Å². The minimum Gasteiger partial charge on any atom is -0.480 e. The van der Waals surface area contributed by atoms with Gasteiger partial charge in [0.25, 0.3) is 0 Å². The van der Waals surface area contributed by atoms with Gasteiger partial charge in [0.2, 0.25) is 5.91 Å². The van der Waals surface area contributed by atoms with Crippen LogP contribution in [0.4, 0.5) is 0 Å². The van der Waals surface area contributed by atoms with Crippen LogP contribution < -0.4 is 11.1 Å². The number of carboxylic acid groups (broad SMARTS) is 1. The molecule has 0 aliphatic heterocycles. The minimum atomic E-state index is -0.979. The third kappa shape index (κ3) is 3.20. The number of carbonyl (C=O) groups excluding carboxylic acids is 1. The van der Waals surface area contributed by atoms with Crippen LogP contribution in [0.2, 0.25) is 0 Å². The fourth-order valence-corrected chi connectivity index (χ4v) is 1.88. The molecule has 0 spiro atoms. The molecule has 86 valence electrons. The van der Waals surface area contributed by atoms with Crippen LogP contribution in [0.15, 0.2) is 0 Å². The van der Waals surface area contributed by atoms with Crippen molar-refractivity contribution in [3.05, 3.63) is 0 Å². The van der Waals surface area contributed by atoms with E-state index < -0.39 is 12.0 Å². The molecule has 4 N–H and O–H groups in total. The summed E-state index contributed by atoms with van der Waals surface area (Å²) in [5.41, 5.74) is 5.69. The predicted molar refractivity (Wildman–Crippen MR) is 55.2 cm³/mol. The Labute approximate surface area is 89.0 Å². The number of amides is 1. The van der Waals surface area contributed by atoms with Crippen molar-refractivity contribution in [1.82, 2.24) is 5.32 Å². The van der Waals surface area contributed by atoms with Crippen LogP contribution in [0.1, 0.15) is 32.6 Å². The summed E-state index contributed by atoms with van der Waals surface area (Å²) < 4.78 is 0. The average molecular weight is 214 g/mol. The summed E-state index contributed by atoms with van der Waals surface area (Å²) in [7, 11) is 0. The van der Waals surface area contributed by atoms with Crippen LogP contribution in [0, 0.1) is 5.92 Å². The lowest BCUT2D eigenvalue weighted by Crippen LogP contribution is -2.43. The van der Waals surface area contributed by atoms with E-state index in [2.05, 4.69) is 5.32 Å². The van der Waals surface area contributed by atoms with Crippen LogP contribution in [-0.4, -0.2) is 29.1 Å². The summed E-state index contributed by atoms with van der Waals surface area (Å²) in [5.74, 6) is -1.25. The van der Waals surface area contributed by atoms with Gasteiger partial charge in [0, 0.05) is 12.0 Å². The maximum Gasteiger partial charge on any atom is 0.326 e. The molecule has 0 aromatic carbocycles. The molecule has 1 aliphatic rings. The number of carboxylic acids is 1. The number of carbonyl (C=O) groups is 2. The Morgan fingerprint density at radius 3 is 2.60 bits per heavy atom. The molecule has 5 heteroatoms. The Balaban J connectivity index is 2.44. The summed E-state index contributed by atoms with van der Waals surface area (Å²) >= 11 is 0. The molecule has 2 unspecified atom stereocenters. The van der Waals surface area contributed by atoms with E-state index in [-0.39, 0.29) is 17.9 Å². The Kier molecular flexibility index (Phi) is 4.08. The second kappa shape index (κ2) is 5.11. The van der Waals surface area contributed by atoms with Crippen LogP contribution in [0.5, 0.6) is 0 Å². The second-order valence-corrected chi connectivity index (χ2v) is 4.08. The SMILES string of the molecule is CC[C@H](NC(=O)C1CCC(N)C1)C(=O)O. The molecule has 5 nitrogen and oxygen atoms in total. The van der Waals surface area contributed by atoms with E-state index >= 15 is 0 Å². The second-order valence-electron chi connectivity index (χ2n) is 4.08. The van der Waals surface area contributed by atoms with Gasteiger partial charge < -0.3 is 16.2 Å². The first-order valence-corrected chi connectivity index (χ1v) is 5.33. The fraction of sp³-hybridized carbons (Fsp3) is 0.800. The molecule has 0 bridgehead atoms.